The Kier molecular flexibility index (Phi) is 4.61. The average Bonchev–Trinajstić information content (AvgIpc) is 2.99. The third-order valence-electron chi connectivity index (χ3n) is 2.72. The van der Waals surface area contributed by atoms with Crippen molar-refractivity contribution in [1.29, 1.82) is 0 Å². The molecule has 1 heterocycles. The predicted octanol–water partition coefficient (Wildman–Crippen LogP) is 2.39. The number of esters is 1. The Balaban J connectivity index is 1.93. The van der Waals surface area contributed by atoms with Crippen LogP contribution in [-0.2, 0) is 9.53 Å². The van der Waals surface area contributed by atoms with Gasteiger partial charge in [-0.25, -0.2) is 4.79 Å². The molecule has 0 radical (unpaired) electrons. The normalized spacial score (nSPS) is 10.0. The van der Waals surface area contributed by atoms with Gasteiger partial charge in [0.15, 0.2) is 6.61 Å². The molecular formula is C15H15NO5. The van der Waals surface area contributed by atoms with Crippen LogP contribution in [0.2, 0.25) is 0 Å². The molecule has 1 amide bonds. The smallest absolute Gasteiger partial charge is 0.341 e. The maximum Gasteiger partial charge on any atom is 0.341 e. The van der Waals surface area contributed by atoms with Gasteiger partial charge in [0.05, 0.1) is 24.6 Å². The van der Waals surface area contributed by atoms with Crippen LogP contribution < -0.4 is 10.1 Å². The molecule has 110 valence electrons. The summed E-state index contributed by atoms with van der Waals surface area (Å²) in [5, 5.41) is 2.64. The molecule has 0 aliphatic carbocycles. The van der Waals surface area contributed by atoms with Gasteiger partial charge in [0.25, 0.3) is 5.91 Å². The van der Waals surface area contributed by atoms with Crippen LogP contribution in [-0.4, -0.2) is 25.6 Å². The molecule has 0 saturated heterocycles. The van der Waals surface area contributed by atoms with E-state index in [0.29, 0.717) is 11.4 Å². The molecule has 0 unspecified atom stereocenters. The molecule has 0 aliphatic rings. The van der Waals surface area contributed by atoms with Gasteiger partial charge in [-0.2, -0.15) is 0 Å². The SMILES string of the molecule is COc1ccc(C)cc1NC(=O)COC(=O)c1ccoc1. The van der Waals surface area contributed by atoms with E-state index in [1.165, 1.54) is 25.7 Å². The fraction of sp³-hybridized carbons (Fsp3) is 0.200. The van der Waals surface area contributed by atoms with Crippen molar-refractivity contribution >= 4 is 17.6 Å². The second kappa shape index (κ2) is 6.60. The third kappa shape index (κ3) is 3.85. The summed E-state index contributed by atoms with van der Waals surface area (Å²) in [5.41, 5.74) is 1.76. The Morgan fingerprint density at radius 1 is 1.29 bits per heavy atom. The number of ether oxygens (including phenoxy) is 2. The number of benzene rings is 1. The van der Waals surface area contributed by atoms with E-state index in [2.05, 4.69) is 5.32 Å². The number of methoxy groups -OCH3 is 1. The highest BCUT2D eigenvalue weighted by Crippen LogP contribution is 2.25. The van der Waals surface area contributed by atoms with Crippen molar-refractivity contribution in [3.63, 3.8) is 0 Å². The standard InChI is InChI=1S/C15H15NO5/c1-10-3-4-13(19-2)12(7-10)16-14(17)9-21-15(18)11-5-6-20-8-11/h3-8H,9H2,1-2H3,(H,16,17). The lowest BCUT2D eigenvalue weighted by Crippen LogP contribution is -2.21. The van der Waals surface area contributed by atoms with E-state index < -0.39 is 11.9 Å². The summed E-state index contributed by atoms with van der Waals surface area (Å²) in [4.78, 5) is 23.4. The van der Waals surface area contributed by atoms with Crippen molar-refractivity contribution < 1.29 is 23.5 Å². The van der Waals surface area contributed by atoms with E-state index in [1.54, 1.807) is 12.1 Å². The zero-order valence-electron chi connectivity index (χ0n) is 11.7. The molecule has 2 aromatic rings. The molecule has 0 atom stereocenters. The van der Waals surface area contributed by atoms with E-state index in [0.717, 1.165) is 5.56 Å². The quantitative estimate of drug-likeness (QED) is 0.855. The van der Waals surface area contributed by atoms with Gasteiger partial charge in [0, 0.05) is 0 Å². The summed E-state index contributed by atoms with van der Waals surface area (Å²) < 4.78 is 14.8. The number of rotatable bonds is 5. The number of carbonyl (C=O) groups excluding carboxylic acids is 2. The fourth-order valence-electron chi connectivity index (χ4n) is 1.70. The first-order chi connectivity index (χ1) is 10.1. The molecule has 6 heteroatoms. The number of hydrogen-bond donors (Lipinski definition) is 1. The fourth-order valence-corrected chi connectivity index (χ4v) is 1.70. The van der Waals surface area contributed by atoms with Gasteiger partial charge in [-0.05, 0) is 30.7 Å². The number of furan rings is 1. The van der Waals surface area contributed by atoms with Crippen LogP contribution in [0.15, 0.2) is 41.2 Å². The van der Waals surface area contributed by atoms with Crippen molar-refractivity contribution in [3.8, 4) is 5.75 Å². The second-order valence-corrected chi connectivity index (χ2v) is 4.34. The zero-order valence-corrected chi connectivity index (χ0v) is 11.7. The zero-order chi connectivity index (χ0) is 15.2. The molecule has 0 fully saturated rings. The Morgan fingerprint density at radius 2 is 2.10 bits per heavy atom. The number of amides is 1. The van der Waals surface area contributed by atoms with Crippen molar-refractivity contribution in [3.05, 3.63) is 47.9 Å². The van der Waals surface area contributed by atoms with Crippen molar-refractivity contribution in [2.24, 2.45) is 0 Å². The van der Waals surface area contributed by atoms with Crippen molar-refractivity contribution in [1.82, 2.24) is 0 Å². The molecular weight excluding hydrogens is 274 g/mol. The Hall–Kier alpha value is -2.76. The molecule has 0 aliphatic heterocycles. The Bertz CT molecular complexity index is 634. The Labute approximate surface area is 121 Å². The highest BCUT2D eigenvalue weighted by Gasteiger charge is 2.12. The number of hydrogen-bond acceptors (Lipinski definition) is 5. The molecule has 0 spiro atoms. The first-order valence-corrected chi connectivity index (χ1v) is 6.24. The molecule has 0 saturated carbocycles. The van der Waals surface area contributed by atoms with Gasteiger partial charge >= 0.3 is 5.97 Å². The molecule has 6 nitrogen and oxygen atoms in total. The van der Waals surface area contributed by atoms with Crippen LogP contribution in [0.4, 0.5) is 5.69 Å². The maximum atomic E-state index is 11.8. The van der Waals surface area contributed by atoms with Gasteiger partial charge in [-0.15, -0.1) is 0 Å². The lowest BCUT2D eigenvalue weighted by Gasteiger charge is -2.11. The van der Waals surface area contributed by atoms with Crippen LogP contribution in [0.25, 0.3) is 0 Å². The van der Waals surface area contributed by atoms with Crippen LogP contribution >= 0.6 is 0 Å². The number of carbonyl (C=O) groups is 2. The number of nitrogens with one attached hydrogen (secondary N) is 1. The number of aryl methyl sites for hydroxylation is 1. The molecule has 2 rings (SSSR count). The highest BCUT2D eigenvalue weighted by atomic mass is 16.5. The first-order valence-electron chi connectivity index (χ1n) is 6.24. The summed E-state index contributed by atoms with van der Waals surface area (Å²) >= 11 is 0. The van der Waals surface area contributed by atoms with Gasteiger partial charge in [-0.3, -0.25) is 4.79 Å². The predicted molar refractivity (Wildman–Crippen MR) is 75.4 cm³/mol. The van der Waals surface area contributed by atoms with Gasteiger partial charge in [-0.1, -0.05) is 6.07 Å². The van der Waals surface area contributed by atoms with Crippen LogP contribution in [0.1, 0.15) is 15.9 Å². The van der Waals surface area contributed by atoms with E-state index in [9.17, 15) is 9.59 Å². The second-order valence-electron chi connectivity index (χ2n) is 4.34. The monoisotopic (exact) mass is 289 g/mol. The first kappa shape index (κ1) is 14.6. The largest absolute Gasteiger partial charge is 0.495 e. The summed E-state index contributed by atoms with van der Waals surface area (Å²) in [6.07, 6.45) is 2.61. The van der Waals surface area contributed by atoms with Gasteiger partial charge in [0.1, 0.15) is 12.0 Å². The van der Waals surface area contributed by atoms with Crippen molar-refractivity contribution in [2.45, 2.75) is 6.92 Å². The molecule has 1 N–H and O–H groups in total. The lowest BCUT2D eigenvalue weighted by molar-refractivity contribution is -0.119. The minimum atomic E-state index is -0.616. The lowest BCUT2D eigenvalue weighted by atomic mass is 10.2. The highest BCUT2D eigenvalue weighted by molar-refractivity contribution is 5.96. The molecule has 21 heavy (non-hydrogen) atoms. The van der Waals surface area contributed by atoms with E-state index >= 15 is 0 Å². The third-order valence-corrected chi connectivity index (χ3v) is 2.72. The molecule has 0 bridgehead atoms. The van der Waals surface area contributed by atoms with E-state index in [-0.39, 0.29) is 12.2 Å². The Morgan fingerprint density at radius 3 is 2.76 bits per heavy atom. The summed E-state index contributed by atoms with van der Waals surface area (Å²) in [6.45, 7) is 1.51. The minimum Gasteiger partial charge on any atom is -0.495 e. The molecule has 1 aromatic heterocycles. The van der Waals surface area contributed by atoms with E-state index in [1.807, 2.05) is 13.0 Å². The summed E-state index contributed by atoms with van der Waals surface area (Å²) in [7, 11) is 1.51. The maximum absolute atomic E-state index is 11.8. The summed E-state index contributed by atoms with van der Waals surface area (Å²) in [5.74, 6) is -0.527. The van der Waals surface area contributed by atoms with Crippen molar-refractivity contribution in [2.75, 3.05) is 19.0 Å². The van der Waals surface area contributed by atoms with Gasteiger partial charge in [0.2, 0.25) is 0 Å². The van der Waals surface area contributed by atoms with E-state index in [4.69, 9.17) is 13.9 Å². The van der Waals surface area contributed by atoms with Crippen LogP contribution in [0.5, 0.6) is 5.75 Å². The molecule has 1 aromatic carbocycles. The van der Waals surface area contributed by atoms with Gasteiger partial charge < -0.3 is 19.2 Å². The van der Waals surface area contributed by atoms with Crippen LogP contribution in [0.3, 0.4) is 0 Å². The average molecular weight is 289 g/mol. The van der Waals surface area contributed by atoms with Crippen LogP contribution in [0, 0.1) is 6.92 Å². The topological polar surface area (TPSA) is 77.8 Å². The summed E-state index contributed by atoms with van der Waals surface area (Å²) in [6, 6.07) is 6.86. The number of anilines is 1. The minimum absolute atomic E-state index is 0.260.